The standard InChI is InChI=1S/C15H18FN3S3/c1-8-12(6-11(17)9(2)16)21-14-13(8)19-22-15(14)18-7-10-4-3-5-20-10/h3-5,9,11,18H,6-7,17H2,1-2H3/t9-,11+/m0/s1. The lowest BCUT2D eigenvalue weighted by Crippen LogP contribution is -2.31. The second kappa shape index (κ2) is 6.62. The summed E-state index contributed by atoms with van der Waals surface area (Å²) in [6.07, 6.45) is -0.428. The Kier molecular flexibility index (Phi) is 4.77. The molecule has 0 spiro atoms. The highest BCUT2D eigenvalue weighted by Crippen LogP contribution is 2.39. The Morgan fingerprint density at radius 3 is 2.95 bits per heavy atom. The van der Waals surface area contributed by atoms with Crippen molar-refractivity contribution in [3.63, 3.8) is 0 Å². The van der Waals surface area contributed by atoms with Crippen molar-refractivity contribution < 1.29 is 4.39 Å². The van der Waals surface area contributed by atoms with Crippen molar-refractivity contribution in [2.75, 3.05) is 5.32 Å². The van der Waals surface area contributed by atoms with Gasteiger partial charge in [0.25, 0.3) is 0 Å². The molecule has 3 heterocycles. The second-order valence-electron chi connectivity index (χ2n) is 5.32. The normalized spacial score (nSPS) is 14.4. The van der Waals surface area contributed by atoms with E-state index < -0.39 is 12.2 Å². The molecule has 0 aromatic carbocycles. The Labute approximate surface area is 141 Å². The summed E-state index contributed by atoms with van der Waals surface area (Å²) in [5, 5.41) is 6.62. The van der Waals surface area contributed by atoms with Crippen LogP contribution in [0.4, 0.5) is 9.39 Å². The van der Waals surface area contributed by atoms with Gasteiger partial charge in [-0.2, -0.15) is 4.37 Å². The molecule has 0 unspecified atom stereocenters. The first-order chi connectivity index (χ1) is 10.6. The monoisotopic (exact) mass is 355 g/mol. The van der Waals surface area contributed by atoms with Crippen molar-refractivity contribution in [1.82, 2.24) is 4.37 Å². The molecule has 3 N–H and O–H groups in total. The molecule has 3 nitrogen and oxygen atoms in total. The molecule has 0 aliphatic rings. The maximum Gasteiger partial charge on any atom is 0.127 e. The number of aryl methyl sites for hydroxylation is 1. The van der Waals surface area contributed by atoms with E-state index in [1.165, 1.54) is 23.3 Å². The van der Waals surface area contributed by atoms with E-state index in [4.69, 9.17) is 5.73 Å². The van der Waals surface area contributed by atoms with Gasteiger partial charge in [-0.1, -0.05) is 6.07 Å². The van der Waals surface area contributed by atoms with Crippen LogP contribution in [-0.4, -0.2) is 16.6 Å². The molecule has 0 amide bonds. The molecular weight excluding hydrogens is 337 g/mol. The minimum absolute atomic E-state index is 0.451. The van der Waals surface area contributed by atoms with Gasteiger partial charge < -0.3 is 11.1 Å². The lowest BCUT2D eigenvalue weighted by atomic mass is 10.1. The van der Waals surface area contributed by atoms with Crippen molar-refractivity contribution in [2.45, 2.75) is 39.0 Å². The Balaban J connectivity index is 1.81. The van der Waals surface area contributed by atoms with E-state index in [1.807, 2.05) is 6.92 Å². The molecule has 22 heavy (non-hydrogen) atoms. The number of anilines is 1. The molecule has 118 valence electrons. The smallest absolute Gasteiger partial charge is 0.127 e. The number of fused-ring (bicyclic) bond motifs is 1. The first-order valence-electron chi connectivity index (χ1n) is 7.09. The number of alkyl halides is 1. The van der Waals surface area contributed by atoms with Crippen molar-refractivity contribution in [3.8, 4) is 0 Å². The summed E-state index contributed by atoms with van der Waals surface area (Å²) >= 11 is 4.91. The summed E-state index contributed by atoms with van der Waals surface area (Å²) in [5.41, 5.74) is 8.03. The quantitative estimate of drug-likeness (QED) is 0.681. The Hall–Kier alpha value is -1.02. The summed E-state index contributed by atoms with van der Waals surface area (Å²) in [5.74, 6) is 0. The van der Waals surface area contributed by atoms with Crippen LogP contribution in [0.15, 0.2) is 17.5 Å². The van der Waals surface area contributed by atoms with Crippen LogP contribution in [0.3, 0.4) is 0 Å². The average molecular weight is 356 g/mol. The molecule has 0 fully saturated rings. The van der Waals surface area contributed by atoms with Crippen molar-refractivity contribution in [1.29, 1.82) is 0 Å². The molecule has 3 aromatic heterocycles. The summed E-state index contributed by atoms with van der Waals surface area (Å²) in [7, 11) is 0. The maximum absolute atomic E-state index is 13.3. The highest BCUT2D eigenvalue weighted by Gasteiger charge is 2.19. The zero-order valence-corrected chi connectivity index (χ0v) is 14.9. The maximum atomic E-state index is 13.3. The molecule has 0 saturated carbocycles. The van der Waals surface area contributed by atoms with Crippen LogP contribution in [0.1, 0.15) is 22.2 Å². The fraction of sp³-hybridized carbons (Fsp3) is 0.400. The lowest BCUT2D eigenvalue weighted by Gasteiger charge is -2.11. The number of aromatic nitrogens is 1. The SMILES string of the molecule is Cc1c(C[C@@H](N)[C@H](C)F)sc2c(NCc3cccs3)snc12. The summed E-state index contributed by atoms with van der Waals surface area (Å²) < 4.78 is 19.0. The van der Waals surface area contributed by atoms with E-state index in [2.05, 4.69) is 27.2 Å². The van der Waals surface area contributed by atoms with Crippen LogP contribution in [0.2, 0.25) is 0 Å². The van der Waals surface area contributed by atoms with Gasteiger partial charge in [0.1, 0.15) is 16.7 Å². The molecule has 0 radical (unpaired) electrons. The fourth-order valence-electron chi connectivity index (χ4n) is 2.21. The minimum Gasteiger partial charge on any atom is -0.370 e. The number of rotatable bonds is 6. The van der Waals surface area contributed by atoms with Crippen molar-refractivity contribution in [3.05, 3.63) is 32.8 Å². The van der Waals surface area contributed by atoms with Crippen LogP contribution < -0.4 is 11.1 Å². The van der Waals surface area contributed by atoms with Gasteiger partial charge in [0.2, 0.25) is 0 Å². The third-order valence-corrected chi connectivity index (χ3v) is 6.79. The first-order valence-corrected chi connectivity index (χ1v) is 9.56. The van der Waals surface area contributed by atoms with Crippen LogP contribution in [0.5, 0.6) is 0 Å². The average Bonchev–Trinajstić information content (AvgIpc) is 3.17. The molecule has 7 heteroatoms. The highest BCUT2D eigenvalue weighted by molar-refractivity contribution is 7.24. The fourth-order valence-corrected chi connectivity index (χ4v) is 5.11. The molecule has 0 bridgehead atoms. The first kappa shape index (κ1) is 15.9. The van der Waals surface area contributed by atoms with Crippen molar-refractivity contribution >= 4 is 49.4 Å². The minimum atomic E-state index is -0.997. The van der Waals surface area contributed by atoms with E-state index in [-0.39, 0.29) is 0 Å². The Bertz CT molecular complexity index is 746. The Morgan fingerprint density at radius 2 is 2.27 bits per heavy atom. The van der Waals surface area contributed by atoms with E-state index in [0.29, 0.717) is 6.42 Å². The number of hydrogen-bond acceptors (Lipinski definition) is 6. The van der Waals surface area contributed by atoms with E-state index >= 15 is 0 Å². The number of nitrogens with zero attached hydrogens (tertiary/aromatic N) is 1. The third kappa shape index (κ3) is 3.17. The van der Waals surface area contributed by atoms with Gasteiger partial charge in [-0.15, -0.1) is 22.7 Å². The summed E-state index contributed by atoms with van der Waals surface area (Å²) in [4.78, 5) is 2.44. The number of nitrogens with two attached hydrogens (primary N) is 1. The molecule has 3 rings (SSSR count). The molecular formula is C15H18FN3S3. The van der Waals surface area contributed by atoms with Crippen LogP contribution in [0, 0.1) is 6.92 Å². The second-order valence-corrected chi connectivity index (χ2v) is 8.23. The summed E-state index contributed by atoms with van der Waals surface area (Å²) in [6, 6.07) is 3.71. The van der Waals surface area contributed by atoms with E-state index in [1.54, 1.807) is 22.7 Å². The molecule has 0 aliphatic carbocycles. The van der Waals surface area contributed by atoms with Crippen LogP contribution in [0.25, 0.3) is 10.2 Å². The molecule has 2 atom stereocenters. The largest absolute Gasteiger partial charge is 0.370 e. The van der Waals surface area contributed by atoms with Gasteiger partial charge in [0.15, 0.2) is 0 Å². The molecule has 0 saturated heterocycles. The highest BCUT2D eigenvalue weighted by atomic mass is 32.1. The predicted octanol–water partition coefficient (Wildman–Crippen LogP) is 4.57. The Morgan fingerprint density at radius 1 is 1.45 bits per heavy atom. The predicted molar refractivity (Wildman–Crippen MR) is 96.1 cm³/mol. The number of hydrogen-bond donors (Lipinski definition) is 2. The van der Waals surface area contributed by atoms with Crippen molar-refractivity contribution in [2.24, 2.45) is 5.73 Å². The number of halogens is 1. The topological polar surface area (TPSA) is 50.9 Å². The lowest BCUT2D eigenvalue weighted by molar-refractivity contribution is 0.305. The van der Waals surface area contributed by atoms with Gasteiger partial charge in [0.05, 0.1) is 11.2 Å². The van der Waals surface area contributed by atoms with Crippen LogP contribution in [-0.2, 0) is 13.0 Å². The number of nitrogens with one attached hydrogen (secondary N) is 1. The molecule has 0 aliphatic heterocycles. The van der Waals surface area contributed by atoms with Crippen LogP contribution >= 0.6 is 34.2 Å². The zero-order chi connectivity index (χ0) is 15.7. The summed E-state index contributed by atoms with van der Waals surface area (Å²) in [6.45, 7) is 4.37. The van der Waals surface area contributed by atoms with Gasteiger partial charge in [-0.3, -0.25) is 0 Å². The third-order valence-electron chi connectivity index (χ3n) is 3.66. The van der Waals surface area contributed by atoms with Gasteiger partial charge in [0, 0.05) is 22.2 Å². The van der Waals surface area contributed by atoms with Gasteiger partial charge >= 0.3 is 0 Å². The number of thiophene rings is 2. The van der Waals surface area contributed by atoms with E-state index in [9.17, 15) is 4.39 Å². The van der Waals surface area contributed by atoms with Gasteiger partial charge in [-0.25, -0.2) is 4.39 Å². The zero-order valence-electron chi connectivity index (χ0n) is 12.4. The molecule has 3 aromatic rings. The van der Waals surface area contributed by atoms with E-state index in [0.717, 1.165) is 32.2 Å². The van der Waals surface area contributed by atoms with Gasteiger partial charge in [-0.05, 0) is 42.4 Å².